The molecule has 0 atom stereocenters. The Balaban J connectivity index is 1.63. The topological polar surface area (TPSA) is 138 Å². The summed E-state index contributed by atoms with van der Waals surface area (Å²) in [6.07, 6.45) is 4.50. The number of aromatic nitrogens is 5. The summed E-state index contributed by atoms with van der Waals surface area (Å²) in [5.41, 5.74) is 10.6. The van der Waals surface area contributed by atoms with Gasteiger partial charge in [0.15, 0.2) is 0 Å². The lowest BCUT2D eigenvalue weighted by molar-refractivity contribution is 0.883. The summed E-state index contributed by atoms with van der Waals surface area (Å²) in [4.78, 5) is 22.2. The average Bonchev–Trinajstić information content (AvgIpc) is 3.38. The van der Waals surface area contributed by atoms with E-state index in [0.717, 1.165) is 27.9 Å². The van der Waals surface area contributed by atoms with Gasteiger partial charge in [0.05, 0.1) is 35.1 Å². The smallest absolute Gasteiger partial charge is 0.263 e. The van der Waals surface area contributed by atoms with Crippen LogP contribution in [0.25, 0.3) is 16.5 Å². The van der Waals surface area contributed by atoms with E-state index in [4.69, 9.17) is 11.1 Å². The summed E-state index contributed by atoms with van der Waals surface area (Å²) in [7, 11) is 0. The minimum absolute atomic E-state index is 0.0831. The first kappa shape index (κ1) is 22.0. The van der Waals surface area contributed by atoms with Gasteiger partial charge in [0.2, 0.25) is 0 Å². The molecule has 0 radical (unpaired) electrons. The highest BCUT2D eigenvalue weighted by atomic mass is 16.1. The van der Waals surface area contributed by atoms with Gasteiger partial charge in [-0.3, -0.25) is 19.9 Å². The van der Waals surface area contributed by atoms with Crippen molar-refractivity contribution >= 4 is 28.1 Å². The molecule has 5 aromatic rings. The fourth-order valence-electron chi connectivity index (χ4n) is 4.28. The predicted octanol–water partition coefficient (Wildman–Crippen LogP) is 3.73. The molecule has 0 amide bonds. The molecule has 2 aromatic carbocycles. The number of fused-ring (bicyclic) bond motifs is 1. The number of para-hydroxylation sites is 1. The lowest BCUT2D eigenvalue weighted by Crippen LogP contribution is -2.25. The Morgan fingerprint density at radius 3 is 2.69 bits per heavy atom. The monoisotopic (exact) mass is 464 g/mol. The maximum atomic E-state index is 13.8. The maximum Gasteiger partial charge on any atom is 0.263 e. The number of nitrogens with one attached hydrogen (secondary N) is 3. The molecule has 5 rings (SSSR count). The summed E-state index contributed by atoms with van der Waals surface area (Å²) in [6, 6.07) is 15.6. The summed E-state index contributed by atoms with van der Waals surface area (Å²) < 4.78 is 1.74. The fourth-order valence-corrected chi connectivity index (χ4v) is 4.28. The Morgan fingerprint density at radius 2 is 1.91 bits per heavy atom. The van der Waals surface area contributed by atoms with Gasteiger partial charge in [-0.15, -0.1) is 0 Å². The first-order chi connectivity index (χ1) is 17.0. The van der Waals surface area contributed by atoms with Gasteiger partial charge in [-0.1, -0.05) is 36.4 Å². The zero-order valence-electron chi connectivity index (χ0n) is 19.3. The van der Waals surface area contributed by atoms with E-state index in [2.05, 4.69) is 25.5 Å². The first-order valence-electron chi connectivity index (χ1n) is 11.1. The second kappa shape index (κ2) is 8.86. The van der Waals surface area contributed by atoms with E-state index >= 15 is 0 Å². The molecule has 9 nitrogen and oxygen atoms in total. The zero-order valence-corrected chi connectivity index (χ0v) is 19.3. The third-order valence-electron chi connectivity index (χ3n) is 6.04. The van der Waals surface area contributed by atoms with Crippen molar-refractivity contribution in [1.29, 1.82) is 5.41 Å². The van der Waals surface area contributed by atoms with E-state index in [1.54, 1.807) is 17.0 Å². The number of nitrogen functional groups attached to an aromatic ring is 1. The number of aryl methyl sites for hydroxylation is 2. The van der Waals surface area contributed by atoms with Gasteiger partial charge in [0.25, 0.3) is 5.56 Å². The number of rotatable bonds is 6. The van der Waals surface area contributed by atoms with E-state index in [0.29, 0.717) is 22.3 Å². The van der Waals surface area contributed by atoms with Crippen LogP contribution in [0.15, 0.2) is 72.0 Å². The first-order valence-corrected chi connectivity index (χ1v) is 11.1. The molecule has 3 aromatic heterocycles. The number of anilines is 2. The second-order valence-electron chi connectivity index (χ2n) is 8.30. The Labute approximate surface area is 201 Å². The van der Waals surface area contributed by atoms with Gasteiger partial charge in [0.1, 0.15) is 18.0 Å². The highest BCUT2D eigenvalue weighted by Crippen LogP contribution is 2.24. The number of pyridine rings is 1. The molecular formula is C26H24N8O. The second-order valence-corrected chi connectivity index (χ2v) is 8.30. The number of nitrogens with zero attached hydrogens (tertiary/aromatic N) is 4. The molecule has 0 fully saturated rings. The predicted molar refractivity (Wildman–Crippen MR) is 137 cm³/mol. The van der Waals surface area contributed by atoms with Crippen LogP contribution in [0.1, 0.15) is 27.9 Å². The van der Waals surface area contributed by atoms with Crippen molar-refractivity contribution in [3.8, 4) is 5.69 Å². The highest BCUT2D eigenvalue weighted by molar-refractivity contribution is 6.15. The van der Waals surface area contributed by atoms with Crippen molar-refractivity contribution in [2.75, 3.05) is 11.1 Å². The quantitative estimate of drug-likeness (QED) is 0.283. The maximum absolute atomic E-state index is 13.8. The van der Waals surface area contributed by atoms with Gasteiger partial charge in [-0.25, -0.2) is 9.97 Å². The molecule has 0 bridgehead atoms. The van der Waals surface area contributed by atoms with Crippen LogP contribution in [0, 0.1) is 19.3 Å². The van der Waals surface area contributed by atoms with Crippen LogP contribution < -0.4 is 16.6 Å². The average molecular weight is 465 g/mol. The van der Waals surface area contributed by atoms with E-state index in [9.17, 15) is 4.79 Å². The molecule has 0 aliphatic carbocycles. The Kier molecular flexibility index (Phi) is 5.58. The van der Waals surface area contributed by atoms with E-state index in [-0.39, 0.29) is 23.6 Å². The third kappa shape index (κ3) is 3.93. The van der Waals surface area contributed by atoms with E-state index in [1.807, 2.05) is 62.4 Å². The van der Waals surface area contributed by atoms with Crippen molar-refractivity contribution in [3.05, 3.63) is 106 Å². The number of benzene rings is 2. The molecule has 174 valence electrons. The van der Waals surface area contributed by atoms with Crippen molar-refractivity contribution in [1.82, 2.24) is 24.7 Å². The standard InChI is InChI=1S/C26H24N8O/c1-15-6-3-4-9-20(15)34-19(10-17-8-5-7-16(2)21(17)26(34)35)13-29-25-22(24(28)30-14-31-25)23(27)18-11-32-33-12-18/h3-12,14,27H,13H2,1-2H3,(H,32,33)(H3,28,29,30,31). The minimum atomic E-state index is -0.0831. The number of aromatic amines is 1. The molecule has 5 N–H and O–H groups in total. The Hall–Kier alpha value is -4.79. The largest absolute Gasteiger partial charge is 0.383 e. The minimum Gasteiger partial charge on any atom is -0.383 e. The van der Waals surface area contributed by atoms with Crippen LogP contribution >= 0.6 is 0 Å². The van der Waals surface area contributed by atoms with E-state index < -0.39 is 0 Å². The van der Waals surface area contributed by atoms with Crippen LogP contribution in [0.3, 0.4) is 0 Å². The van der Waals surface area contributed by atoms with Crippen LogP contribution in [0.5, 0.6) is 0 Å². The summed E-state index contributed by atoms with van der Waals surface area (Å²) >= 11 is 0. The van der Waals surface area contributed by atoms with Crippen LogP contribution in [-0.2, 0) is 6.54 Å². The molecule has 3 heterocycles. The third-order valence-corrected chi connectivity index (χ3v) is 6.04. The fraction of sp³-hybridized carbons (Fsp3) is 0.115. The van der Waals surface area contributed by atoms with Crippen molar-refractivity contribution in [2.45, 2.75) is 20.4 Å². The van der Waals surface area contributed by atoms with Gasteiger partial charge in [-0.05, 0) is 42.5 Å². The number of hydrogen-bond donors (Lipinski definition) is 4. The van der Waals surface area contributed by atoms with Gasteiger partial charge in [0, 0.05) is 17.5 Å². The lowest BCUT2D eigenvalue weighted by Gasteiger charge is -2.19. The summed E-state index contributed by atoms with van der Waals surface area (Å²) in [5.74, 6) is 0.580. The van der Waals surface area contributed by atoms with E-state index in [1.165, 1.54) is 6.33 Å². The van der Waals surface area contributed by atoms with Gasteiger partial charge in [-0.2, -0.15) is 5.10 Å². The Bertz CT molecular complexity index is 1620. The lowest BCUT2D eigenvalue weighted by atomic mass is 10.0. The normalized spacial score (nSPS) is 11.0. The molecule has 0 spiro atoms. The number of hydrogen-bond acceptors (Lipinski definition) is 7. The molecule has 0 saturated carbocycles. The van der Waals surface area contributed by atoms with Crippen LogP contribution in [-0.4, -0.2) is 30.4 Å². The summed E-state index contributed by atoms with van der Waals surface area (Å²) in [6.45, 7) is 4.20. The number of nitrogens with two attached hydrogens (primary N) is 1. The molecule has 9 heteroatoms. The zero-order chi connectivity index (χ0) is 24.5. The summed E-state index contributed by atoms with van der Waals surface area (Å²) in [5, 5.41) is 20.1. The Morgan fingerprint density at radius 1 is 1.11 bits per heavy atom. The molecular weight excluding hydrogens is 440 g/mol. The SMILES string of the molecule is Cc1ccccc1-n1c(CNc2ncnc(N)c2C(=N)c2cn[nH]c2)cc2cccc(C)c2c1=O. The van der Waals surface area contributed by atoms with Crippen LogP contribution in [0.4, 0.5) is 11.6 Å². The van der Waals surface area contributed by atoms with Crippen molar-refractivity contribution < 1.29 is 0 Å². The molecule has 0 saturated heterocycles. The molecule has 35 heavy (non-hydrogen) atoms. The van der Waals surface area contributed by atoms with Crippen LogP contribution in [0.2, 0.25) is 0 Å². The van der Waals surface area contributed by atoms with Gasteiger partial charge < -0.3 is 11.1 Å². The molecule has 0 aliphatic heterocycles. The van der Waals surface area contributed by atoms with Crippen molar-refractivity contribution in [3.63, 3.8) is 0 Å². The molecule has 0 unspecified atom stereocenters. The number of H-pyrrole nitrogens is 1. The molecule has 0 aliphatic rings. The van der Waals surface area contributed by atoms with Gasteiger partial charge >= 0.3 is 0 Å². The highest BCUT2D eigenvalue weighted by Gasteiger charge is 2.19. The van der Waals surface area contributed by atoms with Crippen molar-refractivity contribution in [2.24, 2.45) is 0 Å².